The molecule has 0 atom stereocenters. The first-order valence-corrected chi connectivity index (χ1v) is 8.05. The van der Waals surface area contributed by atoms with Gasteiger partial charge in [-0.3, -0.25) is 9.47 Å². The van der Waals surface area contributed by atoms with Crippen LogP contribution < -0.4 is 0 Å². The maximum absolute atomic E-state index is 9.47. The van der Waals surface area contributed by atoms with E-state index in [2.05, 4.69) is 16.1 Å². The molecular weight excluding hydrogens is 286 g/mol. The molecule has 1 heterocycles. The normalized spacial score (nSPS) is 19.3. The number of aliphatic hydroxyl groups excluding tert-OH is 1. The molecule has 1 aromatic heterocycles. The molecule has 0 saturated heterocycles. The van der Waals surface area contributed by atoms with E-state index in [1.165, 1.54) is 12.8 Å². The summed E-state index contributed by atoms with van der Waals surface area (Å²) in [6.07, 6.45) is 6.97. The van der Waals surface area contributed by atoms with Crippen molar-refractivity contribution in [1.82, 2.24) is 19.2 Å². The molecule has 21 heavy (non-hydrogen) atoms. The van der Waals surface area contributed by atoms with E-state index >= 15 is 0 Å². The van der Waals surface area contributed by atoms with Gasteiger partial charge >= 0.3 is 0 Å². The molecule has 0 spiro atoms. The Kier molecular flexibility index (Phi) is 4.38. The van der Waals surface area contributed by atoms with E-state index in [1.54, 1.807) is 4.68 Å². The molecule has 0 aliphatic heterocycles. The smallest absolute Gasteiger partial charge is 0.199 e. The summed E-state index contributed by atoms with van der Waals surface area (Å²) in [5.41, 5.74) is 0. The minimum absolute atomic E-state index is 0.0885. The molecule has 0 amide bonds. The standard InChI is InChI=1S/C14H21N5OS/c15-7-8-17(11-3-1-2-4-11)10-18-14(21)19(12-5-6-12)13(9-20)16-18/h11-12,20H,1-6,8-10H2. The van der Waals surface area contributed by atoms with Crippen LogP contribution in [0, 0.1) is 16.1 Å². The Morgan fingerprint density at radius 3 is 2.62 bits per heavy atom. The number of hydrogen-bond donors (Lipinski definition) is 1. The molecular formula is C14H21N5OS. The highest BCUT2D eigenvalue weighted by Crippen LogP contribution is 2.36. The fourth-order valence-corrected chi connectivity index (χ4v) is 3.54. The van der Waals surface area contributed by atoms with Gasteiger partial charge in [0, 0.05) is 12.1 Å². The van der Waals surface area contributed by atoms with Crippen molar-refractivity contribution in [2.45, 2.75) is 63.9 Å². The molecule has 2 saturated carbocycles. The lowest BCUT2D eigenvalue weighted by Crippen LogP contribution is -2.35. The zero-order valence-corrected chi connectivity index (χ0v) is 12.9. The number of aliphatic hydroxyl groups is 1. The zero-order valence-electron chi connectivity index (χ0n) is 12.1. The molecule has 7 heteroatoms. The van der Waals surface area contributed by atoms with Gasteiger partial charge in [0.2, 0.25) is 0 Å². The summed E-state index contributed by atoms with van der Waals surface area (Å²) >= 11 is 5.52. The number of nitrogens with zero attached hydrogens (tertiary/aromatic N) is 5. The Balaban J connectivity index is 1.82. The van der Waals surface area contributed by atoms with Gasteiger partial charge in [0.15, 0.2) is 10.6 Å². The van der Waals surface area contributed by atoms with Crippen molar-refractivity contribution < 1.29 is 5.11 Å². The molecule has 0 radical (unpaired) electrons. The van der Waals surface area contributed by atoms with Gasteiger partial charge in [0.05, 0.1) is 19.3 Å². The van der Waals surface area contributed by atoms with Crippen molar-refractivity contribution >= 4 is 12.2 Å². The highest BCUT2D eigenvalue weighted by atomic mass is 32.1. The summed E-state index contributed by atoms with van der Waals surface area (Å²) in [7, 11) is 0. The summed E-state index contributed by atoms with van der Waals surface area (Å²) in [6.45, 7) is 0.857. The van der Waals surface area contributed by atoms with Crippen molar-refractivity contribution in [3.8, 4) is 6.07 Å². The monoisotopic (exact) mass is 307 g/mol. The maximum atomic E-state index is 9.47. The van der Waals surface area contributed by atoms with Crippen LogP contribution in [0.5, 0.6) is 0 Å². The van der Waals surface area contributed by atoms with Gasteiger partial charge in [-0.15, -0.1) is 0 Å². The fourth-order valence-electron chi connectivity index (χ4n) is 3.19. The third kappa shape index (κ3) is 3.03. The first kappa shape index (κ1) is 14.7. The topological polar surface area (TPSA) is 70.0 Å². The second kappa shape index (κ2) is 6.26. The van der Waals surface area contributed by atoms with E-state index in [1.807, 2.05) is 4.57 Å². The predicted molar refractivity (Wildman–Crippen MR) is 79.8 cm³/mol. The molecule has 3 rings (SSSR count). The highest BCUT2D eigenvalue weighted by molar-refractivity contribution is 7.71. The van der Waals surface area contributed by atoms with Crippen molar-refractivity contribution in [3.63, 3.8) is 0 Å². The van der Waals surface area contributed by atoms with Crippen LogP contribution >= 0.6 is 12.2 Å². The van der Waals surface area contributed by atoms with Gasteiger partial charge < -0.3 is 5.11 Å². The van der Waals surface area contributed by atoms with Gasteiger partial charge in [-0.05, 0) is 37.9 Å². The molecule has 1 N–H and O–H groups in total. The minimum Gasteiger partial charge on any atom is -0.388 e. The largest absolute Gasteiger partial charge is 0.388 e. The first-order valence-electron chi connectivity index (χ1n) is 7.64. The van der Waals surface area contributed by atoms with Crippen LogP contribution in [0.25, 0.3) is 0 Å². The quantitative estimate of drug-likeness (QED) is 0.643. The minimum atomic E-state index is -0.0885. The molecule has 1 aromatic rings. The Morgan fingerprint density at radius 1 is 1.33 bits per heavy atom. The molecule has 2 aliphatic rings. The van der Waals surface area contributed by atoms with E-state index < -0.39 is 0 Å². The second-order valence-electron chi connectivity index (χ2n) is 5.94. The Hall–Kier alpha value is -1.23. The molecule has 0 aromatic carbocycles. The maximum Gasteiger partial charge on any atom is 0.199 e. The van der Waals surface area contributed by atoms with Gasteiger partial charge in [-0.25, -0.2) is 4.68 Å². The fraction of sp³-hybridized carbons (Fsp3) is 0.786. The Labute approximate surface area is 129 Å². The molecule has 2 fully saturated rings. The Morgan fingerprint density at radius 2 is 2.05 bits per heavy atom. The molecule has 0 bridgehead atoms. The van der Waals surface area contributed by atoms with Gasteiger partial charge in [0.1, 0.15) is 6.61 Å². The van der Waals surface area contributed by atoms with Crippen molar-refractivity contribution in [2.75, 3.05) is 6.54 Å². The third-order valence-corrected chi connectivity index (χ3v) is 4.83. The average molecular weight is 307 g/mol. The van der Waals surface area contributed by atoms with Crippen LogP contribution in [-0.2, 0) is 13.3 Å². The van der Waals surface area contributed by atoms with E-state index in [0.29, 0.717) is 35.9 Å². The number of nitriles is 1. The van der Waals surface area contributed by atoms with E-state index in [9.17, 15) is 5.11 Å². The highest BCUT2D eigenvalue weighted by Gasteiger charge is 2.29. The van der Waals surface area contributed by atoms with E-state index in [0.717, 1.165) is 25.7 Å². The van der Waals surface area contributed by atoms with Gasteiger partial charge in [-0.1, -0.05) is 12.8 Å². The molecule has 0 unspecified atom stereocenters. The summed E-state index contributed by atoms with van der Waals surface area (Å²) in [4.78, 5) is 2.16. The lowest BCUT2D eigenvalue weighted by Gasteiger charge is -2.25. The summed E-state index contributed by atoms with van der Waals surface area (Å²) in [6, 6.07) is 3.11. The van der Waals surface area contributed by atoms with E-state index in [-0.39, 0.29) is 6.61 Å². The van der Waals surface area contributed by atoms with Crippen LogP contribution in [0.1, 0.15) is 50.4 Å². The average Bonchev–Trinajstić information content (AvgIpc) is 3.06. The van der Waals surface area contributed by atoms with Crippen LogP contribution in [-0.4, -0.2) is 36.9 Å². The lowest BCUT2D eigenvalue weighted by molar-refractivity contribution is 0.163. The van der Waals surface area contributed by atoms with E-state index in [4.69, 9.17) is 17.5 Å². The molecule has 114 valence electrons. The van der Waals surface area contributed by atoms with Crippen molar-refractivity contribution in [1.29, 1.82) is 5.26 Å². The lowest BCUT2D eigenvalue weighted by atomic mass is 10.2. The van der Waals surface area contributed by atoms with Crippen molar-refractivity contribution in [3.05, 3.63) is 10.6 Å². The van der Waals surface area contributed by atoms with Gasteiger partial charge in [-0.2, -0.15) is 10.4 Å². The Bertz CT molecular complexity index is 591. The summed E-state index contributed by atoms with van der Waals surface area (Å²) < 4.78 is 4.42. The predicted octanol–water partition coefficient (Wildman–Crippen LogP) is 1.97. The van der Waals surface area contributed by atoms with Gasteiger partial charge in [0.25, 0.3) is 0 Å². The second-order valence-corrected chi connectivity index (χ2v) is 6.31. The van der Waals surface area contributed by atoms with Crippen LogP contribution in [0.2, 0.25) is 0 Å². The number of rotatable bonds is 6. The molecule has 2 aliphatic carbocycles. The number of hydrogen-bond acceptors (Lipinski definition) is 5. The van der Waals surface area contributed by atoms with Crippen molar-refractivity contribution in [2.24, 2.45) is 0 Å². The first-order chi connectivity index (χ1) is 10.2. The van der Waals surface area contributed by atoms with Crippen LogP contribution in [0.3, 0.4) is 0 Å². The van der Waals surface area contributed by atoms with Crippen LogP contribution in [0.15, 0.2) is 0 Å². The SMILES string of the molecule is N#CCN(Cn1nc(CO)n(C2CC2)c1=S)C1CCCC1. The third-order valence-electron chi connectivity index (χ3n) is 4.43. The number of aromatic nitrogens is 3. The zero-order chi connectivity index (χ0) is 14.8. The summed E-state index contributed by atoms with van der Waals surface area (Å²) in [5, 5.41) is 23.0. The van der Waals surface area contributed by atoms with Crippen LogP contribution in [0.4, 0.5) is 0 Å². The summed E-state index contributed by atoms with van der Waals surface area (Å²) in [5.74, 6) is 0.644. The molecule has 6 nitrogen and oxygen atoms in total.